The Balaban J connectivity index is 1.52. The summed E-state index contributed by atoms with van der Waals surface area (Å²) in [6.45, 7) is 5.28. The van der Waals surface area contributed by atoms with Crippen molar-refractivity contribution < 1.29 is 9.53 Å². The van der Waals surface area contributed by atoms with Crippen LogP contribution in [0.2, 0.25) is 5.02 Å². The zero-order valence-electron chi connectivity index (χ0n) is 16.0. The SMILES string of the molecule is Cc1nnc2sc(-c3cccc(NC(=O)C(C)(C)Oc4ccc(Cl)cc4)c3)nn12. The first-order valence-electron chi connectivity index (χ1n) is 8.87. The Morgan fingerprint density at radius 3 is 2.66 bits per heavy atom. The molecule has 4 aromatic rings. The number of carbonyl (C=O) groups excluding carboxylic acids is 1. The summed E-state index contributed by atoms with van der Waals surface area (Å²) in [5.41, 5.74) is 0.464. The minimum Gasteiger partial charge on any atom is -0.478 e. The Hall–Kier alpha value is -2.97. The van der Waals surface area contributed by atoms with Crippen LogP contribution in [0.5, 0.6) is 5.75 Å². The Kier molecular flexibility index (Phi) is 4.97. The second-order valence-electron chi connectivity index (χ2n) is 6.95. The number of hydrogen-bond acceptors (Lipinski definition) is 6. The smallest absolute Gasteiger partial charge is 0.267 e. The molecule has 0 saturated heterocycles. The number of aryl methyl sites for hydroxylation is 1. The van der Waals surface area contributed by atoms with Crippen molar-refractivity contribution in [1.82, 2.24) is 19.8 Å². The van der Waals surface area contributed by atoms with Gasteiger partial charge in [0, 0.05) is 16.3 Å². The van der Waals surface area contributed by atoms with E-state index in [9.17, 15) is 4.79 Å². The highest BCUT2D eigenvalue weighted by Gasteiger charge is 2.30. The standard InChI is InChI=1S/C20H18ClN5O2S/c1-12-23-24-19-26(12)25-17(29-19)13-5-4-6-15(11-13)22-18(27)20(2,3)28-16-9-7-14(21)8-10-16/h4-11H,1-3H3,(H,22,27). The highest BCUT2D eigenvalue weighted by atomic mass is 35.5. The van der Waals surface area contributed by atoms with Crippen LogP contribution in [-0.4, -0.2) is 31.3 Å². The lowest BCUT2D eigenvalue weighted by Gasteiger charge is -2.25. The lowest BCUT2D eigenvalue weighted by Crippen LogP contribution is -2.42. The van der Waals surface area contributed by atoms with Gasteiger partial charge in [-0.2, -0.15) is 9.61 Å². The maximum Gasteiger partial charge on any atom is 0.267 e. The molecule has 29 heavy (non-hydrogen) atoms. The van der Waals surface area contributed by atoms with E-state index in [0.717, 1.165) is 21.4 Å². The first kappa shape index (κ1) is 19.4. The number of amides is 1. The predicted molar refractivity (Wildman–Crippen MR) is 114 cm³/mol. The minimum absolute atomic E-state index is 0.265. The maximum atomic E-state index is 12.8. The Morgan fingerprint density at radius 1 is 1.17 bits per heavy atom. The number of nitrogens with zero attached hydrogens (tertiary/aromatic N) is 4. The summed E-state index contributed by atoms with van der Waals surface area (Å²) in [5, 5.41) is 16.9. The summed E-state index contributed by atoms with van der Waals surface area (Å²) in [6.07, 6.45) is 0. The van der Waals surface area contributed by atoms with Crippen LogP contribution in [0.3, 0.4) is 0 Å². The summed E-state index contributed by atoms with van der Waals surface area (Å²) in [4.78, 5) is 13.5. The van der Waals surface area contributed by atoms with Crippen molar-refractivity contribution in [1.29, 1.82) is 0 Å². The van der Waals surface area contributed by atoms with Crippen LogP contribution in [0, 0.1) is 6.92 Å². The van der Waals surface area contributed by atoms with Gasteiger partial charge in [-0.1, -0.05) is 35.1 Å². The zero-order chi connectivity index (χ0) is 20.6. The van der Waals surface area contributed by atoms with E-state index < -0.39 is 5.60 Å². The molecular formula is C20H18ClN5O2S. The number of carbonyl (C=O) groups is 1. The lowest BCUT2D eigenvalue weighted by molar-refractivity contribution is -0.128. The Labute approximate surface area is 176 Å². The third kappa shape index (κ3) is 4.08. The fraction of sp³-hybridized carbons (Fsp3) is 0.200. The van der Waals surface area contributed by atoms with Crippen LogP contribution >= 0.6 is 22.9 Å². The molecule has 0 saturated carbocycles. The molecule has 9 heteroatoms. The molecule has 2 aromatic carbocycles. The van der Waals surface area contributed by atoms with Crippen molar-refractivity contribution in [2.45, 2.75) is 26.4 Å². The minimum atomic E-state index is -1.07. The molecule has 0 aliphatic heterocycles. The zero-order valence-corrected chi connectivity index (χ0v) is 17.6. The van der Waals surface area contributed by atoms with Crippen LogP contribution in [0.25, 0.3) is 15.5 Å². The van der Waals surface area contributed by atoms with E-state index in [4.69, 9.17) is 16.3 Å². The van der Waals surface area contributed by atoms with Crippen LogP contribution in [0.1, 0.15) is 19.7 Å². The van der Waals surface area contributed by atoms with E-state index in [0.29, 0.717) is 16.5 Å². The van der Waals surface area contributed by atoms with E-state index >= 15 is 0 Å². The van der Waals surface area contributed by atoms with Crippen molar-refractivity contribution in [2.75, 3.05) is 5.32 Å². The normalized spacial score (nSPS) is 11.6. The summed E-state index contributed by atoms with van der Waals surface area (Å²) < 4.78 is 7.55. The van der Waals surface area contributed by atoms with Crippen molar-refractivity contribution >= 4 is 39.5 Å². The first-order valence-corrected chi connectivity index (χ1v) is 10.1. The van der Waals surface area contributed by atoms with Gasteiger partial charge < -0.3 is 10.1 Å². The van der Waals surface area contributed by atoms with Gasteiger partial charge in [-0.25, -0.2) is 0 Å². The number of fused-ring (bicyclic) bond motifs is 1. The van der Waals surface area contributed by atoms with Gasteiger partial charge in [0.2, 0.25) is 4.96 Å². The summed E-state index contributed by atoms with van der Waals surface area (Å²) >= 11 is 7.33. The van der Waals surface area contributed by atoms with Crippen molar-refractivity contribution in [3.05, 3.63) is 59.4 Å². The van der Waals surface area contributed by atoms with Gasteiger partial charge in [0.05, 0.1) is 0 Å². The van der Waals surface area contributed by atoms with Gasteiger partial charge >= 0.3 is 0 Å². The Morgan fingerprint density at radius 2 is 1.93 bits per heavy atom. The molecule has 1 N–H and O–H groups in total. The highest BCUT2D eigenvalue weighted by molar-refractivity contribution is 7.19. The molecule has 0 atom stereocenters. The van der Waals surface area contributed by atoms with Crippen molar-refractivity contribution in [3.63, 3.8) is 0 Å². The Bertz CT molecular complexity index is 1180. The number of halogens is 1. The molecule has 0 fully saturated rings. The van der Waals surface area contributed by atoms with E-state index in [-0.39, 0.29) is 5.91 Å². The first-order chi connectivity index (χ1) is 13.8. The molecule has 7 nitrogen and oxygen atoms in total. The van der Waals surface area contributed by atoms with Gasteiger partial charge in [0.25, 0.3) is 5.91 Å². The van der Waals surface area contributed by atoms with Gasteiger partial charge in [-0.15, -0.1) is 10.2 Å². The number of ether oxygens (including phenoxy) is 1. The second kappa shape index (κ2) is 7.46. The van der Waals surface area contributed by atoms with Gasteiger partial charge in [-0.05, 0) is 57.2 Å². The topological polar surface area (TPSA) is 81.4 Å². The van der Waals surface area contributed by atoms with Crippen LogP contribution < -0.4 is 10.1 Å². The van der Waals surface area contributed by atoms with Crippen molar-refractivity contribution in [2.24, 2.45) is 0 Å². The third-order valence-corrected chi connectivity index (χ3v) is 5.45. The summed E-state index contributed by atoms with van der Waals surface area (Å²) in [6, 6.07) is 14.4. The van der Waals surface area contributed by atoms with Crippen LogP contribution in [-0.2, 0) is 4.79 Å². The average molecular weight is 428 g/mol. The second-order valence-corrected chi connectivity index (χ2v) is 8.34. The molecule has 0 spiro atoms. The van der Waals surface area contributed by atoms with Crippen LogP contribution in [0.15, 0.2) is 48.5 Å². The van der Waals surface area contributed by atoms with Gasteiger partial charge in [0.15, 0.2) is 11.4 Å². The predicted octanol–water partition coefficient (Wildman–Crippen LogP) is 4.61. The number of nitrogens with one attached hydrogen (secondary N) is 1. The fourth-order valence-corrected chi connectivity index (χ4v) is 3.69. The monoisotopic (exact) mass is 427 g/mol. The molecule has 0 aliphatic rings. The average Bonchev–Trinajstić information content (AvgIpc) is 3.26. The fourth-order valence-electron chi connectivity index (χ4n) is 2.69. The molecule has 2 heterocycles. The summed E-state index contributed by atoms with van der Waals surface area (Å²) in [5.74, 6) is 1.03. The molecule has 0 aliphatic carbocycles. The molecule has 1 amide bonds. The highest BCUT2D eigenvalue weighted by Crippen LogP contribution is 2.28. The molecule has 148 valence electrons. The van der Waals surface area contributed by atoms with Crippen LogP contribution in [0.4, 0.5) is 5.69 Å². The van der Waals surface area contributed by atoms with Crippen molar-refractivity contribution in [3.8, 4) is 16.3 Å². The van der Waals surface area contributed by atoms with E-state index in [1.54, 1.807) is 42.6 Å². The molecule has 0 unspecified atom stereocenters. The van der Waals surface area contributed by atoms with Gasteiger partial charge in [-0.3, -0.25) is 4.79 Å². The largest absolute Gasteiger partial charge is 0.478 e. The van der Waals surface area contributed by atoms with Gasteiger partial charge in [0.1, 0.15) is 10.8 Å². The van der Waals surface area contributed by atoms with E-state index in [1.807, 2.05) is 31.2 Å². The third-order valence-electron chi connectivity index (χ3n) is 4.25. The maximum absolute atomic E-state index is 12.8. The molecule has 0 bridgehead atoms. The van der Waals surface area contributed by atoms with E-state index in [1.165, 1.54) is 11.3 Å². The molecular weight excluding hydrogens is 410 g/mol. The summed E-state index contributed by atoms with van der Waals surface area (Å²) in [7, 11) is 0. The number of anilines is 1. The molecule has 0 radical (unpaired) electrons. The molecule has 2 aromatic heterocycles. The number of aromatic nitrogens is 4. The number of hydrogen-bond donors (Lipinski definition) is 1. The molecule has 4 rings (SSSR count). The quantitative estimate of drug-likeness (QED) is 0.503. The lowest BCUT2D eigenvalue weighted by atomic mass is 10.1. The van der Waals surface area contributed by atoms with E-state index in [2.05, 4.69) is 20.6 Å². The number of benzene rings is 2. The number of rotatable bonds is 5.